The summed E-state index contributed by atoms with van der Waals surface area (Å²) in [5.41, 5.74) is 2.00. The van der Waals surface area contributed by atoms with Crippen molar-refractivity contribution in [2.45, 2.75) is 13.1 Å². The maximum Gasteiger partial charge on any atom is 0.258 e. The molecule has 1 heterocycles. The van der Waals surface area contributed by atoms with Crippen molar-refractivity contribution >= 4 is 21.8 Å². The molecule has 3 aromatic rings. The molecule has 0 spiro atoms. The summed E-state index contributed by atoms with van der Waals surface area (Å²) < 4.78 is 21.2. The quantitative estimate of drug-likeness (QED) is 0.640. The Kier molecular flexibility index (Phi) is 5.96. The Balaban J connectivity index is 1.49. The van der Waals surface area contributed by atoms with Crippen molar-refractivity contribution in [3.8, 4) is 5.75 Å². The molecule has 1 amide bonds. The van der Waals surface area contributed by atoms with Gasteiger partial charge in [0.15, 0.2) is 18.2 Å². The van der Waals surface area contributed by atoms with Crippen LogP contribution < -0.4 is 10.1 Å². The molecule has 0 bridgehead atoms. The van der Waals surface area contributed by atoms with Crippen molar-refractivity contribution in [2.75, 3.05) is 6.61 Å². The van der Waals surface area contributed by atoms with Crippen molar-refractivity contribution < 1.29 is 13.9 Å². The summed E-state index contributed by atoms with van der Waals surface area (Å²) in [5.74, 6) is -0.805. The lowest BCUT2D eigenvalue weighted by molar-refractivity contribution is -0.123. The Morgan fingerprint density at radius 3 is 2.85 bits per heavy atom. The van der Waals surface area contributed by atoms with Crippen LogP contribution in [0.2, 0.25) is 0 Å². The van der Waals surface area contributed by atoms with E-state index < -0.39 is 5.82 Å². The van der Waals surface area contributed by atoms with Gasteiger partial charge in [-0.3, -0.25) is 4.79 Å². The number of hydrogen-bond acceptors (Lipinski definition) is 4. The van der Waals surface area contributed by atoms with Gasteiger partial charge < -0.3 is 10.1 Å². The summed E-state index contributed by atoms with van der Waals surface area (Å²) in [6.45, 7) is 0.709. The van der Waals surface area contributed by atoms with Gasteiger partial charge in [-0.25, -0.2) is 14.1 Å². The fourth-order valence-electron chi connectivity index (χ4n) is 2.33. The Bertz CT molecular complexity index is 887. The molecule has 134 valence electrons. The van der Waals surface area contributed by atoms with Gasteiger partial charge >= 0.3 is 0 Å². The van der Waals surface area contributed by atoms with E-state index in [1.54, 1.807) is 17.1 Å². The second kappa shape index (κ2) is 8.57. The van der Waals surface area contributed by atoms with Gasteiger partial charge in [-0.05, 0) is 29.3 Å². The maximum absolute atomic E-state index is 13.7. The molecule has 0 unspecified atom stereocenters. The second-order valence-corrected chi connectivity index (χ2v) is 6.47. The van der Waals surface area contributed by atoms with Gasteiger partial charge in [0, 0.05) is 11.0 Å². The van der Waals surface area contributed by atoms with E-state index >= 15 is 0 Å². The average molecular weight is 419 g/mol. The van der Waals surface area contributed by atoms with Crippen LogP contribution in [0.25, 0.3) is 0 Å². The van der Waals surface area contributed by atoms with E-state index in [0.29, 0.717) is 17.6 Å². The minimum absolute atomic E-state index is 0.0400. The first kappa shape index (κ1) is 18.1. The lowest BCUT2D eigenvalue weighted by Gasteiger charge is -2.09. The van der Waals surface area contributed by atoms with Crippen molar-refractivity contribution in [2.24, 2.45) is 0 Å². The van der Waals surface area contributed by atoms with Crippen molar-refractivity contribution in [3.63, 3.8) is 0 Å². The molecular formula is C18H16BrFN4O2. The van der Waals surface area contributed by atoms with Gasteiger partial charge in [-0.15, -0.1) is 0 Å². The van der Waals surface area contributed by atoms with Crippen LogP contribution in [0.1, 0.15) is 11.1 Å². The standard InChI is InChI=1S/C18H16BrFN4O2/c19-15-4-5-17(16(20)7-15)26-10-18(25)22-8-13-2-1-3-14(6-13)9-24-12-21-11-23-24/h1-7,11-12H,8-10H2,(H,22,25). The third kappa shape index (κ3) is 5.13. The predicted molar refractivity (Wildman–Crippen MR) is 97.0 cm³/mol. The molecule has 1 N–H and O–H groups in total. The molecule has 3 rings (SSSR count). The molecule has 0 aliphatic carbocycles. The number of rotatable bonds is 7. The first-order valence-corrected chi connectivity index (χ1v) is 8.64. The first-order valence-electron chi connectivity index (χ1n) is 7.85. The maximum atomic E-state index is 13.7. The van der Waals surface area contributed by atoms with E-state index in [-0.39, 0.29) is 18.3 Å². The third-order valence-corrected chi connectivity index (χ3v) is 4.04. The molecule has 0 saturated heterocycles. The molecule has 0 aliphatic heterocycles. The average Bonchev–Trinajstić information content (AvgIpc) is 3.12. The van der Waals surface area contributed by atoms with E-state index in [0.717, 1.165) is 11.1 Å². The normalized spacial score (nSPS) is 10.5. The summed E-state index contributed by atoms with van der Waals surface area (Å²) in [4.78, 5) is 15.8. The highest BCUT2D eigenvalue weighted by Gasteiger charge is 2.08. The molecule has 2 aromatic carbocycles. The van der Waals surface area contributed by atoms with E-state index in [9.17, 15) is 9.18 Å². The summed E-state index contributed by atoms with van der Waals surface area (Å²) in [5, 5.41) is 6.82. The molecule has 0 atom stereocenters. The van der Waals surface area contributed by atoms with Crippen LogP contribution in [-0.2, 0) is 17.9 Å². The van der Waals surface area contributed by atoms with Crippen LogP contribution in [0.15, 0.2) is 59.6 Å². The summed E-state index contributed by atoms with van der Waals surface area (Å²) in [7, 11) is 0. The first-order chi connectivity index (χ1) is 12.6. The predicted octanol–water partition coefficient (Wildman–Crippen LogP) is 2.92. The topological polar surface area (TPSA) is 69.0 Å². The highest BCUT2D eigenvalue weighted by atomic mass is 79.9. The number of nitrogens with one attached hydrogen (secondary N) is 1. The minimum atomic E-state index is -0.520. The van der Waals surface area contributed by atoms with Crippen LogP contribution in [0.5, 0.6) is 5.75 Å². The lowest BCUT2D eigenvalue weighted by atomic mass is 10.1. The van der Waals surface area contributed by atoms with Crippen LogP contribution in [0.4, 0.5) is 4.39 Å². The largest absolute Gasteiger partial charge is 0.481 e. The van der Waals surface area contributed by atoms with E-state index in [2.05, 4.69) is 31.3 Å². The molecule has 6 nitrogen and oxygen atoms in total. The van der Waals surface area contributed by atoms with Gasteiger partial charge in [-0.2, -0.15) is 5.10 Å². The van der Waals surface area contributed by atoms with Crippen LogP contribution >= 0.6 is 15.9 Å². The molecule has 0 radical (unpaired) electrons. The Morgan fingerprint density at radius 2 is 2.08 bits per heavy atom. The van der Waals surface area contributed by atoms with Gasteiger partial charge in [0.2, 0.25) is 0 Å². The van der Waals surface area contributed by atoms with Crippen molar-refractivity contribution in [3.05, 3.63) is 76.5 Å². The van der Waals surface area contributed by atoms with Crippen molar-refractivity contribution in [1.29, 1.82) is 0 Å². The smallest absolute Gasteiger partial charge is 0.258 e. The van der Waals surface area contributed by atoms with Gasteiger partial charge in [0.05, 0.1) is 6.54 Å². The third-order valence-electron chi connectivity index (χ3n) is 3.54. The van der Waals surface area contributed by atoms with Crippen LogP contribution in [-0.4, -0.2) is 27.3 Å². The molecule has 26 heavy (non-hydrogen) atoms. The zero-order valence-corrected chi connectivity index (χ0v) is 15.3. The second-order valence-electron chi connectivity index (χ2n) is 5.55. The molecule has 1 aromatic heterocycles. The molecule has 0 fully saturated rings. The fraction of sp³-hybridized carbons (Fsp3) is 0.167. The molecular weight excluding hydrogens is 403 g/mol. The van der Waals surface area contributed by atoms with Gasteiger partial charge in [-0.1, -0.05) is 40.2 Å². The molecule has 8 heteroatoms. The molecule has 0 aliphatic rings. The summed E-state index contributed by atoms with van der Waals surface area (Å²) in [6.07, 6.45) is 3.13. The number of carbonyl (C=O) groups excluding carboxylic acids is 1. The lowest BCUT2D eigenvalue weighted by Crippen LogP contribution is -2.28. The van der Waals surface area contributed by atoms with Crippen LogP contribution in [0, 0.1) is 5.82 Å². The zero-order chi connectivity index (χ0) is 18.4. The number of amides is 1. The minimum Gasteiger partial charge on any atom is -0.481 e. The number of halogens is 2. The van der Waals surface area contributed by atoms with E-state index in [1.807, 2.05) is 24.3 Å². The number of aromatic nitrogens is 3. The summed E-state index contributed by atoms with van der Waals surface area (Å²) in [6, 6.07) is 12.2. The van der Waals surface area contributed by atoms with Gasteiger partial charge in [0.25, 0.3) is 5.91 Å². The zero-order valence-electron chi connectivity index (χ0n) is 13.7. The number of hydrogen-bond donors (Lipinski definition) is 1. The number of nitrogens with zero attached hydrogens (tertiary/aromatic N) is 3. The van der Waals surface area contributed by atoms with Crippen molar-refractivity contribution in [1.82, 2.24) is 20.1 Å². The van der Waals surface area contributed by atoms with Crippen LogP contribution in [0.3, 0.4) is 0 Å². The Hall–Kier alpha value is -2.74. The number of benzene rings is 2. The highest BCUT2D eigenvalue weighted by molar-refractivity contribution is 9.10. The highest BCUT2D eigenvalue weighted by Crippen LogP contribution is 2.21. The molecule has 0 saturated carbocycles. The SMILES string of the molecule is O=C(COc1ccc(Br)cc1F)NCc1cccc(Cn2cncn2)c1. The monoisotopic (exact) mass is 418 g/mol. The number of carbonyl (C=O) groups is 1. The van der Waals surface area contributed by atoms with E-state index in [4.69, 9.17) is 4.74 Å². The fourth-order valence-corrected chi connectivity index (χ4v) is 2.66. The Morgan fingerprint density at radius 1 is 1.23 bits per heavy atom. The summed E-state index contributed by atoms with van der Waals surface area (Å²) >= 11 is 3.17. The Labute approximate surface area is 158 Å². The number of ether oxygens (including phenoxy) is 1. The van der Waals surface area contributed by atoms with E-state index in [1.165, 1.54) is 18.5 Å². The van der Waals surface area contributed by atoms with Gasteiger partial charge in [0.1, 0.15) is 12.7 Å².